The second kappa shape index (κ2) is 21.2. The van der Waals surface area contributed by atoms with Gasteiger partial charge in [0.15, 0.2) is 11.6 Å². The number of ether oxygens (including phenoxy) is 1. The highest BCUT2D eigenvalue weighted by Gasteiger charge is 2.46. The lowest BCUT2D eigenvalue weighted by molar-refractivity contribution is 0.0843. The Kier molecular flexibility index (Phi) is 14.0. The Bertz CT molecular complexity index is 3500. The highest BCUT2D eigenvalue weighted by Crippen LogP contribution is 2.47. The van der Waals surface area contributed by atoms with Crippen molar-refractivity contribution in [1.82, 2.24) is 50.1 Å². The smallest absolute Gasteiger partial charge is 0.319 e. The van der Waals surface area contributed by atoms with E-state index in [1.165, 1.54) is 30.3 Å². The Hall–Kier alpha value is -7.66. The molecule has 410 valence electrons. The number of nitrogens with zero attached hydrogens (tertiary/aromatic N) is 10. The highest BCUT2D eigenvalue weighted by atomic mass is 19.1. The van der Waals surface area contributed by atoms with E-state index in [2.05, 4.69) is 63.5 Å². The molecule has 7 aromatic rings. The fraction of sp³-hybridized carbons (Fsp3) is 0.433. The number of aromatic hydroxyl groups is 3. The van der Waals surface area contributed by atoms with E-state index in [-0.39, 0.29) is 86.1 Å². The quantitative estimate of drug-likeness (QED) is 0.0621. The van der Waals surface area contributed by atoms with E-state index in [1.54, 1.807) is 16.8 Å². The molecule has 0 spiro atoms. The number of rotatable bonds is 15. The lowest BCUT2D eigenvalue weighted by Crippen LogP contribution is -2.51. The van der Waals surface area contributed by atoms with Gasteiger partial charge in [0.05, 0.1) is 23.1 Å². The number of nitrogens with one attached hydrogen (secondary N) is 2. The summed E-state index contributed by atoms with van der Waals surface area (Å²) in [5.41, 5.74) is 2.78. The summed E-state index contributed by atoms with van der Waals surface area (Å²) in [4.78, 5) is 37.3. The molecule has 2 atom stereocenters. The maximum Gasteiger partial charge on any atom is 0.319 e. The summed E-state index contributed by atoms with van der Waals surface area (Å²) < 4.78 is 40.5. The molecule has 5 aliphatic rings. The summed E-state index contributed by atoms with van der Waals surface area (Å²) in [6.07, 6.45) is 13.6. The van der Waals surface area contributed by atoms with Crippen LogP contribution in [0.25, 0.3) is 50.0 Å². The van der Waals surface area contributed by atoms with Crippen LogP contribution in [0.5, 0.6) is 23.3 Å². The number of terminal acetylenes is 1. The van der Waals surface area contributed by atoms with Gasteiger partial charge < -0.3 is 50.3 Å². The van der Waals surface area contributed by atoms with Crippen LogP contribution in [0.3, 0.4) is 0 Å². The second-order valence-corrected chi connectivity index (χ2v) is 22.7. The third kappa shape index (κ3) is 10.2. The largest absolute Gasteiger partial charge is 0.508 e. The Morgan fingerprint density at radius 2 is 1.58 bits per heavy atom. The maximum absolute atomic E-state index is 17.2. The van der Waals surface area contributed by atoms with E-state index < -0.39 is 11.6 Å². The highest BCUT2D eigenvalue weighted by molar-refractivity contribution is 6.03. The number of piperidine rings is 1. The minimum absolute atomic E-state index is 0.00750. The lowest BCUT2D eigenvalue weighted by atomic mass is 9.95. The number of carbonyl (C=O) groups is 1. The van der Waals surface area contributed by atoms with Crippen molar-refractivity contribution in [3.8, 4) is 63.9 Å². The van der Waals surface area contributed by atoms with Gasteiger partial charge in [-0.25, -0.2) is 8.78 Å². The number of piperazine rings is 2. The summed E-state index contributed by atoms with van der Waals surface area (Å²) in [7, 11) is 0. The van der Waals surface area contributed by atoms with Crippen LogP contribution < -0.4 is 25.2 Å². The zero-order valence-corrected chi connectivity index (χ0v) is 44.9. The third-order valence-corrected chi connectivity index (χ3v) is 16.9. The molecule has 4 saturated heterocycles. The molecule has 1 amide bonds. The molecule has 0 radical (unpaired) electrons. The number of carbonyl (C=O) groups excluding carboxylic acids is 1. The first kappa shape index (κ1) is 52.1. The van der Waals surface area contributed by atoms with Crippen molar-refractivity contribution in [3.05, 3.63) is 95.4 Å². The number of anilines is 2. The molecule has 2 bridgehead atoms. The molecule has 5 N–H and O–H groups in total. The molecule has 3 aromatic heterocycles. The molecule has 19 heteroatoms. The maximum atomic E-state index is 17.2. The van der Waals surface area contributed by atoms with Crippen LogP contribution in [0.4, 0.5) is 20.3 Å². The van der Waals surface area contributed by atoms with E-state index in [0.29, 0.717) is 71.4 Å². The Morgan fingerprint density at radius 3 is 2.28 bits per heavy atom. The molecule has 1 aliphatic carbocycles. The normalized spacial score (nSPS) is 19.6. The van der Waals surface area contributed by atoms with Crippen molar-refractivity contribution in [3.63, 3.8) is 0 Å². The number of phenolic OH excluding ortho intramolecular Hbond substituents is 3. The van der Waals surface area contributed by atoms with Crippen molar-refractivity contribution >= 4 is 39.1 Å². The van der Waals surface area contributed by atoms with Crippen molar-refractivity contribution in [2.75, 3.05) is 88.4 Å². The molecule has 5 fully saturated rings. The van der Waals surface area contributed by atoms with E-state index in [9.17, 15) is 20.1 Å². The zero-order chi connectivity index (χ0) is 54.7. The van der Waals surface area contributed by atoms with Gasteiger partial charge in [-0.05, 0) is 117 Å². The number of amides is 1. The van der Waals surface area contributed by atoms with Crippen LogP contribution in [0.2, 0.25) is 0 Å². The minimum Gasteiger partial charge on any atom is -0.508 e. The van der Waals surface area contributed by atoms with Gasteiger partial charge in [-0.2, -0.15) is 9.97 Å². The number of hydrogen-bond donors (Lipinski definition) is 5. The van der Waals surface area contributed by atoms with Gasteiger partial charge in [0.25, 0.3) is 5.91 Å². The van der Waals surface area contributed by atoms with Gasteiger partial charge >= 0.3 is 6.01 Å². The predicted molar refractivity (Wildman–Crippen MR) is 299 cm³/mol. The van der Waals surface area contributed by atoms with Crippen LogP contribution in [-0.4, -0.2) is 151 Å². The molecule has 4 aliphatic heterocycles. The molecular formula is C60H66F2N12O5. The third-order valence-electron chi connectivity index (χ3n) is 16.9. The summed E-state index contributed by atoms with van der Waals surface area (Å²) in [5.74, 6) is 1.90. The number of phenols is 3. The predicted octanol–water partition coefficient (Wildman–Crippen LogP) is 7.98. The van der Waals surface area contributed by atoms with Crippen molar-refractivity contribution in [2.24, 2.45) is 11.3 Å². The summed E-state index contributed by atoms with van der Waals surface area (Å²) in [6.45, 7) is 15.7. The average molecular weight is 1070 g/mol. The summed E-state index contributed by atoms with van der Waals surface area (Å²) in [6, 6.07) is 17.3. The van der Waals surface area contributed by atoms with Crippen LogP contribution >= 0.6 is 0 Å². The van der Waals surface area contributed by atoms with E-state index in [4.69, 9.17) is 21.1 Å². The topological polar surface area (TPSA) is 193 Å². The van der Waals surface area contributed by atoms with E-state index >= 15 is 8.78 Å². The number of fused-ring (bicyclic) bond motifs is 4. The molecule has 17 nitrogen and oxygen atoms in total. The number of pyridine rings is 1. The van der Waals surface area contributed by atoms with Gasteiger partial charge in [0, 0.05) is 124 Å². The standard InChI is InChI=1S/C60H66F2N12O5/c1-5-43-48(61)14-7-37-25-42(75)26-46(51(37)43)53-52(62)54-47(29-64-53)55(73-31-38-8-9-39(32-73)65-38)67-59(66-54)79-34-60(17-18-60)33-71-23-21-70(22-24-71)30-36-15-19-72(20-16-36)40-10-12-41(13-11-40)74-56(68-69-57(74)58(78)63-6-2)45-27-44(35(3)4)49(76)28-50(45)77/h1,7,10-14,25-29,35-36,38-39,65,75-77H,6,8-9,15-24,30-34H2,2-4H3,(H,63,78). The Labute approximate surface area is 457 Å². The molecular weight excluding hydrogens is 1010 g/mol. The number of aromatic nitrogens is 6. The van der Waals surface area contributed by atoms with Gasteiger partial charge in [-0.1, -0.05) is 25.8 Å². The van der Waals surface area contributed by atoms with Crippen LogP contribution in [0.15, 0.2) is 66.9 Å². The second-order valence-electron chi connectivity index (χ2n) is 22.7. The van der Waals surface area contributed by atoms with Crippen LogP contribution in [-0.2, 0) is 0 Å². The zero-order valence-electron chi connectivity index (χ0n) is 44.9. The summed E-state index contributed by atoms with van der Waals surface area (Å²) in [5, 5.41) is 48.6. The fourth-order valence-corrected chi connectivity index (χ4v) is 12.5. The van der Waals surface area contributed by atoms with Gasteiger partial charge in [-0.15, -0.1) is 16.6 Å². The SMILES string of the molecule is C#Cc1c(F)ccc2cc(O)cc(-c3ncc4c(N5CC6CCC(C5)N6)nc(OCC5(CN6CCN(CC7CCN(c8ccc(-n9c(C(=O)NCC)nnc9-c9cc(C(C)C)c(O)cc9O)cc8)CC7)CC6)CC5)nc4c3F)c12. The molecule has 7 heterocycles. The first-order valence-corrected chi connectivity index (χ1v) is 27.8. The molecule has 12 rings (SSSR count). The number of benzene rings is 4. The Balaban J connectivity index is 0.682. The first-order chi connectivity index (χ1) is 38.2. The van der Waals surface area contributed by atoms with Crippen molar-refractivity contribution in [2.45, 2.75) is 77.3 Å². The van der Waals surface area contributed by atoms with Crippen molar-refractivity contribution < 1.29 is 33.6 Å². The fourth-order valence-electron chi connectivity index (χ4n) is 12.5. The summed E-state index contributed by atoms with van der Waals surface area (Å²) >= 11 is 0. The minimum atomic E-state index is -0.733. The molecule has 4 aromatic carbocycles. The van der Waals surface area contributed by atoms with E-state index in [1.807, 2.05) is 32.9 Å². The lowest BCUT2D eigenvalue weighted by Gasteiger charge is -2.40. The monoisotopic (exact) mass is 1070 g/mol. The van der Waals surface area contributed by atoms with Gasteiger partial charge in [0.2, 0.25) is 5.82 Å². The number of hydrogen-bond acceptors (Lipinski definition) is 15. The molecule has 2 unspecified atom stereocenters. The average Bonchev–Trinajstić information content (AvgIpc) is 4.12. The van der Waals surface area contributed by atoms with Gasteiger partial charge in [-0.3, -0.25) is 14.3 Å². The van der Waals surface area contributed by atoms with Crippen molar-refractivity contribution in [1.29, 1.82) is 0 Å². The Morgan fingerprint density at radius 1 is 0.861 bits per heavy atom. The number of halogens is 2. The first-order valence-electron chi connectivity index (χ1n) is 27.8. The van der Waals surface area contributed by atoms with Crippen LogP contribution in [0.1, 0.15) is 87.0 Å². The molecule has 79 heavy (non-hydrogen) atoms. The van der Waals surface area contributed by atoms with Crippen LogP contribution in [0, 0.1) is 35.3 Å². The van der Waals surface area contributed by atoms with E-state index in [0.717, 1.165) is 96.6 Å². The molecule has 1 saturated carbocycles. The van der Waals surface area contributed by atoms with Gasteiger partial charge in [0.1, 0.15) is 40.1 Å².